The van der Waals surface area contributed by atoms with Crippen molar-refractivity contribution in [3.05, 3.63) is 85.2 Å². The molecule has 0 atom stereocenters. The van der Waals surface area contributed by atoms with Crippen molar-refractivity contribution in [2.45, 2.75) is 6.92 Å². The van der Waals surface area contributed by atoms with Crippen LogP contribution >= 0.6 is 0 Å². The van der Waals surface area contributed by atoms with E-state index in [4.69, 9.17) is 4.98 Å². The van der Waals surface area contributed by atoms with E-state index in [1.807, 2.05) is 36.5 Å². The molecule has 0 aromatic carbocycles. The van der Waals surface area contributed by atoms with Crippen molar-refractivity contribution in [3.8, 4) is 33.6 Å². The van der Waals surface area contributed by atoms with Crippen LogP contribution < -0.4 is 0 Å². The second-order valence-corrected chi connectivity index (χ2v) is 5.79. The molecule has 0 aliphatic heterocycles. The molecule has 4 aromatic heterocycles. The summed E-state index contributed by atoms with van der Waals surface area (Å²) in [6.45, 7) is 2.05. The van der Waals surface area contributed by atoms with Crippen molar-refractivity contribution in [3.63, 3.8) is 0 Å². The summed E-state index contributed by atoms with van der Waals surface area (Å²) in [4.78, 5) is 17.3. The summed E-state index contributed by atoms with van der Waals surface area (Å²) in [5.74, 6) is 0. The van der Waals surface area contributed by atoms with Crippen LogP contribution in [-0.2, 0) is 0 Å². The average molecular weight is 324 g/mol. The fourth-order valence-corrected chi connectivity index (χ4v) is 2.81. The van der Waals surface area contributed by atoms with Gasteiger partial charge in [-0.2, -0.15) is 0 Å². The molecule has 4 aromatic rings. The Morgan fingerprint density at radius 2 is 1.20 bits per heavy atom. The van der Waals surface area contributed by atoms with Gasteiger partial charge in [-0.15, -0.1) is 0 Å². The van der Waals surface area contributed by atoms with Gasteiger partial charge < -0.3 is 0 Å². The van der Waals surface area contributed by atoms with Crippen molar-refractivity contribution in [2.24, 2.45) is 0 Å². The van der Waals surface area contributed by atoms with Crippen molar-refractivity contribution in [1.82, 2.24) is 19.9 Å². The molecule has 0 saturated heterocycles. The smallest absolute Gasteiger partial charge is 0.0719 e. The maximum absolute atomic E-state index is 4.89. The lowest BCUT2D eigenvalue weighted by atomic mass is 10.00. The lowest BCUT2D eigenvalue weighted by Crippen LogP contribution is -1.93. The van der Waals surface area contributed by atoms with Gasteiger partial charge >= 0.3 is 0 Å². The quantitative estimate of drug-likeness (QED) is 0.553. The van der Waals surface area contributed by atoms with Gasteiger partial charge in [0.25, 0.3) is 0 Å². The highest BCUT2D eigenvalue weighted by Gasteiger charge is 2.10. The normalized spacial score (nSPS) is 10.6. The van der Waals surface area contributed by atoms with E-state index in [9.17, 15) is 0 Å². The Bertz CT molecular complexity index is 941. The van der Waals surface area contributed by atoms with Crippen LogP contribution in [0.15, 0.2) is 79.6 Å². The van der Waals surface area contributed by atoms with Crippen LogP contribution in [0.5, 0.6) is 0 Å². The Kier molecular flexibility index (Phi) is 4.01. The molecule has 0 unspecified atom stereocenters. The third kappa shape index (κ3) is 3.15. The molecule has 0 fully saturated rings. The molecule has 120 valence electrons. The topological polar surface area (TPSA) is 51.6 Å². The van der Waals surface area contributed by atoms with Crippen LogP contribution in [0.2, 0.25) is 0 Å². The Labute approximate surface area is 146 Å². The van der Waals surface area contributed by atoms with Crippen LogP contribution in [0, 0.1) is 6.92 Å². The first-order chi connectivity index (χ1) is 12.3. The Hall–Kier alpha value is -3.40. The molecule has 0 radical (unpaired) electrons. The zero-order valence-corrected chi connectivity index (χ0v) is 13.8. The largest absolute Gasteiger partial charge is 0.265 e. The molecule has 25 heavy (non-hydrogen) atoms. The summed E-state index contributed by atoms with van der Waals surface area (Å²) >= 11 is 0. The van der Waals surface area contributed by atoms with Gasteiger partial charge in [0.1, 0.15) is 0 Å². The minimum absolute atomic E-state index is 0.919. The molecular formula is C21H16N4. The maximum Gasteiger partial charge on any atom is 0.0719 e. The second kappa shape index (κ2) is 6.61. The van der Waals surface area contributed by atoms with E-state index >= 15 is 0 Å². The first-order valence-electron chi connectivity index (χ1n) is 8.05. The van der Waals surface area contributed by atoms with E-state index in [2.05, 4.69) is 34.0 Å². The van der Waals surface area contributed by atoms with Gasteiger partial charge in [-0.05, 0) is 66.1 Å². The summed E-state index contributed by atoms with van der Waals surface area (Å²) in [5, 5.41) is 0. The molecule has 4 rings (SSSR count). The van der Waals surface area contributed by atoms with E-state index < -0.39 is 0 Å². The van der Waals surface area contributed by atoms with Gasteiger partial charge in [-0.25, -0.2) is 4.98 Å². The number of aryl methyl sites for hydroxylation is 1. The van der Waals surface area contributed by atoms with Gasteiger partial charge in [0.2, 0.25) is 0 Å². The van der Waals surface area contributed by atoms with Gasteiger partial charge in [0.05, 0.1) is 11.4 Å². The fourth-order valence-electron chi connectivity index (χ4n) is 2.81. The van der Waals surface area contributed by atoms with Gasteiger partial charge in [-0.1, -0.05) is 0 Å². The average Bonchev–Trinajstić information content (AvgIpc) is 2.69. The zero-order chi connectivity index (χ0) is 17.1. The Balaban J connectivity index is 1.94. The predicted octanol–water partition coefficient (Wildman–Crippen LogP) is 4.58. The monoisotopic (exact) mass is 324 g/mol. The van der Waals surface area contributed by atoms with E-state index in [1.165, 1.54) is 0 Å². The Morgan fingerprint density at radius 3 is 1.88 bits per heavy atom. The summed E-state index contributed by atoms with van der Waals surface area (Å²) in [6, 6.07) is 14.2. The van der Waals surface area contributed by atoms with E-state index in [1.54, 1.807) is 31.0 Å². The zero-order valence-electron chi connectivity index (χ0n) is 13.8. The number of nitrogens with zero attached hydrogens (tertiary/aromatic N) is 4. The minimum Gasteiger partial charge on any atom is -0.265 e. The summed E-state index contributed by atoms with van der Waals surface area (Å²) < 4.78 is 0. The number of hydrogen-bond donors (Lipinski definition) is 0. The highest BCUT2D eigenvalue weighted by molar-refractivity contribution is 5.77. The molecule has 4 nitrogen and oxygen atoms in total. The van der Waals surface area contributed by atoms with E-state index in [0.29, 0.717) is 0 Å². The molecule has 0 spiro atoms. The summed E-state index contributed by atoms with van der Waals surface area (Å²) in [6.07, 6.45) is 10.8. The number of aromatic nitrogens is 4. The standard InChI is InChI=1S/C21H16N4/c1-15-14-24-11-6-19(15)21-13-18(16-2-7-22-8-3-16)12-20(25-21)17-4-9-23-10-5-17/h2-14H,1H3. The van der Waals surface area contributed by atoms with Crippen molar-refractivity contribution in [2.75, 3.05) is 0 Å². The van der Waals surface area contributed by atoms with E-state index in [0.717, 1.165) is 39.2 Å². The van der Waals surface area contributed by atoms with Crippen LogP contribution in [-0.4, -0.2) is 19.9 Å². The lowest BCUT2D eigenvalue weighted by Gasteiger charge is -2.11. The van der Waals surface area contributed by atoms with Gasteiger partial charge in [0, 0.05) is 48.3 Å². The molecule has 0 bridgehead atoms. The number of hydrogen-bond acceptors (Lipinski definition) is 4. The first kappa shape index (κ1) is 15.1. The Morgan fingerprint density at radius 1 is 0.600 bits per heavy atom. The van der Waals surface area contributed by atoms with Crippen molar-refractivity contribution >= 4 is 0 Å². The number of rotatable bonds is 3. The molecular weight excluding hydrogens is 308 g/mol. The molecule has 0 saturated carbocycles. The number of pyridine rings is 4. The van der Waals surface area contributed by atoms with Crippen molar-refractivity contribution in [1.29, 1.82) is 0 Å². The minimum atomic E-state index is 0.919. The highest BCUT2D eigenvalue weighted by Crippen LogP contribution is 2.30. The second-order valence-electron chi connectivity index (χ2n) is 5.79. The van der Waals surface area contributed by atoms with Crippen LogP contribution in [0.4, 0.5) is 0 Å². The summed E-state index contributed by atoms with van der Waals surface area (Å²) in [7, 11) is 0. The van der Waals surface area contributed by atoms with Crippen LogP contribution in [0.3, 0.4) is 0 Å². The molecule has 0 N–H and O–H groups in total. The lowest BCUT2D eigenvalue weighted by molar-refractivity contribution is 1.24. The van der Waals surface area contributed by atoms with Crippen LogP contribution in [0.1, 0.15) is 5.56 Å². The molecule has 0 aliphatic rings. The van der Waals surface area contributed by atoms with E-state index in [-0.39, 0.29) is 0 Å². The van der Waals surface area contributed by atoms with Gasteiger partial charge in [-0.3, -0.25) is 15.0 Å². The molecule has 0 aliphatic carbocycles. The third-order valence-corrected chi connectivity index (χ3v) is 4.11. The highest BCUT2D eigenvalue weighted by atomic mass is 14.7. The van der Waals surface area contributed by atoms with Gasteiger partial charge in [0.15, 0.2) is 0 Å². The third-order valence-electron chi connectivity index (χ3n) is 4.11. The maximum atomic E-state index is 4.89. The predicted molar refractivity (Wildman–Crippen MR) is 98.7 cm³/mol. The summed E-state index contributed by atoms with van der Waals surface area (Å²) in [5.41, 5.74) is 7.29. The molecule has 4 heterocycles. The SMILES string of the molecule is Cc1cnccc1-c1cc(-c2ccncc2)cc(-c2ccncc2)n1. The molecule has 4 heteroatoms. The van der Waals surface area contributed by atoms with Crippen LogP contribution in [0.25, 0.3) is 33.6 Å². The van der Waals surface area contributed by atoms with Crippen molar-refractivity contribution < 1.29 is 0 Å². The molecule has 0 amide bonds. The fraction of sp³-hybridized carbons (Fsp3) is 0.0476. The first-order valence-corrected chi connectivity index (χ1v) is 8.05.